The van der Waals surface area contributed by atoms with E-state index in [1.165, 1.54) is 9.80 Å². The molecule has 2 amide bonds. The highest BCUT2D eigenvalue weighted by atomic mass is 35.5. The van der Waals surface area contributed by atoms with Gasteiger partial charge in [0.2, 0.25) is 0 Å². The molecule has 4 rings (SSSR count). The monoisotopic (exact) mass is 498 g/mol. The SMILES string of the molecule is O=C(c1ccccc1)N(CCc1ccc(Cl)cc1)C(=S)N(C(=O)c1ccccc1)c1ccccc1. The Bertz CT molecular complexity index is 1300. The minimum atomic E-state index is -0.306. The molecule has 0 aliphatic heterocycles. The van der Waals surface area contributed by atoms with E-state index in [9.17, 15) is 9.59 Å². The molecule has 0 aromatic heterocycles. The van der Waals surface area contributed by atoms with Gasteiger partial charge in [0.15, 0.2) is 5.11 Å². The summed E-state index contributed by atoms with van der Waals surface area (Å²) in [7, 11) is 0. The number of thiocarbonyl (C=S) groups is 1. The molecular formula is C29H23ClN2O2S. The molecule has 0 atom stereocenters. The van der Waals surface area contributed by atoms with Gasteiger partial charge in [-0.3, -0.25) is 19.4 Å². The van der Waals surface area contributed by atoms with Crippen LogP contribution in [0.25, 0.3) is 0 Å². The van der Waals surface area contributed by atoms with Crippen LogP contribution < -0.4 is 4.90 Å². The van der Waals surface area contributed by atoms with Crippen LogP contribution in [-0.2, 0) is 6.42 Å². The minimum Gasteiger partial charge on any atom is -0.284 e. The molecule has 0 radical (unpaired) electrons. The van der Waals surface area contributed by atoms with Gasteiger partial charge in [0, 0.05) is 22.7 Å². The van der Waals surface area contributed by atoms with Crippen LogP contribution in [0.3, 0.4) is 0 Å². The molecule has 0 N–H and O–H groups in total. The van der Waals surface area contributed by atoms with E-state index in [0.29, 0.717) is 34.8 Å². The highest BCUT2D eigenvalue weighted by Gasteiger charge is 2.29. The number of para-hydroxylation sites is 1. The molecule has 4 aromatic carbocycles. The Labute approximate surface area is 215 Å². The zero-order chi connectivity index (χ0) is 24.6. The van der Waals surface area contributed by atoms with Crippen molar-refractivity contribution in [3.8, 4) is 0 Å². The fraction of sp³-hybridized carbons (Fsp3) is 0.0690. The molecule has 174 valence electrons. The molecule has 0 fully saturated rings. The molecule has 0 bridgehead atoms. The molecule has 4 nitrogen and oxygen atoms in total. The number of halogens is 1. The lowest BCUT2D eigenvalue weighted by molar-refractivity contribution is 0.0847. The van der Waals surface area contributed by atoms with Crippen molar-refractivity contribution in [3.05, 3.63) is 137 Å². The summed E-state index contributed by atoms with van der Waals surface area (Å²) >= 11 is 11.9. The average molecular weight is 499 g/mol. The van der Waals surface area contributed by atoms with Crippen LogP contribution >= 0.6 is 23.8 Å². The highest BCUT2D eigenvalue weighted by molar-refractivity contribution is 7.80. The summed E-state index contributed by atoms with van der Waals surface area (Å²) in [5.74, 6) is -0.578. The zero-order valence-electron chi connectivity index (χ0n) is 18.9. The number of amides is 2. The van der Waals surface area contributed by atoms with Gasteiger partial charge in [-0.15, -0.1) is 0 Å². The number of rotatable bonds is 6. The van der Waals surface area contributed by atoms with E-state index in [2.05, 4.69) is 0 Å². The molecule has 35 heavy (non-hydrogen) atoms. The summed E-state index contributed by atoms with van der Waals surface area (Å²) in [4.78, 5) is 30.2. The maximum atomic E-state index is 13.6. The number of hydrogen-bond donors (Lipinski definition) is 0. The Balaban J connectivity index is 1.72. The van der Waals surface area contributed by atoms with Crippen LogP contribution in [0.5, 0.6) is 0 Å². The number of anilines is 1. The second kappa shape index (κ2) is 11.6. The number of carbonyl (C=O) groups excluding carboxylic acids is 2. The summed E-state index contributed by atoms with van der Waals surface area (Å²) in [6.07, 6.45) is 0.540. The minimum absolute atomic E-state index is 0.118. The fourth-order valence-electron chi connectivity index (χ4n) is 3.63. The standard InChI is InChI=1S/C29H23ClN2O2S/c30-25-18-16-22(17-19-25)20-21-31(27(33)23-10-4-1-5-11-23)29(35)32(26-14-8-3-9-15-26)28(34)24-12-6-2-7-13-24/h1-19H,20-21H2. The Hall–Kier alpha value is -3.80. The number of carbonyl (C=O) groups is 2. The van der Waals surface area contributed by atoms with Gasteiger partial charge in [0.25, 0.3) is 11.8 Å². The first-order valence-corrected chi connectivity index (χ1v) is 11.9. The topological polar surface area (TPSA) is 40.6 Å². The summed E-state index contributed by atoms with van der Waals surface area (Å²) < 4.78 is 0. The number of nitrogens with zero attached hydrogens (tertiary/aromatic N) is 2. The van der Waals surface area contributed by atoms with E-state index < -0.39 is 0 Å². The molecule has 0 spiro atoms. The number of benzene rings is 4. The van der Waals surface area contributed by atoms with Gasteiger partial charge >= 0.3 is 0 Å². The van der Waals surface area contributed by atoms with Crippen molar-refractivity contribution in [1.29, 1.82) is 0 Å². The van der Waals surface area contributed by atoms with Crippen LogP contribution in [0, 0.1) is 0 Å². The van der Waals surface area contributed by atoms with Crippen LogP contribution in [-0.4, -0.2) is 28.4 Å². The molecule has 0 aliphatic rings. The van der Waals surface area contributed by atoms with E-state index in [0.717, 1.165) is 5.56 Å². The first kappa shape index (κ1) is 24.3. The molecule has 0 unspecified atom stereocenters. The van der Waals surface area contributed by atoms with Gasteiger partial charge in [0.1, 0.15) is 0 Å². The zero-order valence-corrected chi connectivity index (χ0v) is 20.5. The third kappa shape index (κ3) is 6.01. The molecule has 0 saturated carbocycles. The van der Waals surface area contributed by atoms with Crippen LogP contribution in [0.15, 0.2) is 115 Å². The Morgan fingerprint density at radius 2 is 1.14 bits per heavy atom. The normalized spacial score (nSPS) is 10.4. The summed E-state index contributed by atoms with van der Waals surface area (Å²) in [5.41, 5.74) is 2.56. The maximum absolute atomic E-state index is 13.6. The molecule has 0 aliphatic carbocycles. The van der Waals surface area contributed by atoms with Gasteiger partial charge in [-0.25, -0.2) is 0 Å². The maximum Gasteiger partial charge on any atom is 0.264 e. The quantitative estimate of drug-likeness (QED) is 0.279. The van der Waals surface area contributed by atoms with Crippen molar-refractivity contribution in [3.63, 3.8) is 0 Å². The predicted molar refractivity (Wildman–Crippen MR) is 145 cm³/mol. The van der Waals surface area contributed by atoms with Crippen molar-refractivity contribution in [2.75, 3.05) is 11.4 Å². The second-order valence-corrected chi connectivity index (χ2v) is 8.63. The van der Waals surface area contributed by atoms with Crippen molar-refractivity contribution in [2.24, 2.45) is 0 Å². The largest absolute Gasteiger partial charge is 0.284 e. The van der Waals surface area contributed by atoms with Gasteiger partial charge in [-0.1, -0.05) is 78.3 Å². The Morgan fingerprint density at radius 1 is 0.657 bits per heavy atom. The van der Waals surface area contributed by atoms with Gasteiger partial charge in [-0.2, -0.15) is 0 Å². The lowest BCUT2D eigenvalue weighted by atomic mass is 10.1. The third-order valence-electron chi connectivity index (χ3n) is 5.46. The third-order valence-corrected chi connectivity index (χ3v) is 6.12. The smallest absolute Gasteiger partial charge is 0.264 e. The van der Waals surface area contributed by atoms with E-state index in [1.807, 2.05) is 54.6 Å². The summed E-state index contributed by atoms with van der Waals surface area (Å²) in [6, 6.07) is 34.5. The van der Waals surface area contributed by atoms with Crippen LogP contribution in [0.1, 0.15) is 26.3 Å². The second-order valence-electron chi connectivity index (χ2n) is 7.82. The van der Waals surface area contributed by atoms with Gasteiger partial charge in [0.05, 0.1) is 5.69 Å². The molecule has 4 aromatic rings. The lowest BCUT2D eigenvalue weighted by Crippen LogP contribution is -2.49. The molecule has 0 heterocycles. The van der Waals surface area contributed by atoms with Crippen LogP contribution in [0.2, 0.25) is 5.02 Å². The lowest BCUT2D eigenvalue weighted by Gasteiger charge is -2.31. The van der Waals surface area contributed by atoms with E-state index in [-0.39, 0.29) is 16.9 Å². The summed E-state index contributed by atoms with van der Waals surface area (Å²) in [6.45, 7) is 0.291. The molecular weight excluding hydrogens is 476 g/mol. The Kier molecular flexibility index (Phi) is 8.03. The van der Waals surface area contributed by atoms with Gasteiger partial charge < -0.3 is 0 Å². The molecule has 0 saturated heterocycles. The molecule has 6 heteroatoms. The van der Waals surface area contributed by atoms with Crippen molar-refractivity contribution in [2.45, 2.75) is 6.42 Å². The Morgan fingerprint density at radius 3 is 1.69 bits per heavy atom. The van der Waals surface area contributed by atoms with Gasteiger partial charge in [-0.05, 0) is 72.7 Å². The van der Waals surface area contributed by atoms with Crippen LogP contribution in [0.4, 0.5) is 5.69 Å². The van der Waals surface area contributed by atoms with E-state index in [1.54, 1.807) is 60.7 Å². The first-order valence-electron chi connectivity index (χ1n) is 11.1. The van der Waals surface area contributed by atoms with Crippen molar-refractivity contribution >= 4 is 46.4 Å². The fourth-order valence-corrected chi connectivity index (χ4v) is 4.12. The first-order chi connectivity index (χ1) is 17.0. The highest BCUT2D eigenvalue weighted by Crippen LogP contribution is 2.21. The predicted octanol–water partition coefficient (Wildman–Crippen LogP) is 6.66. The average Bonchev–Trinajstić information content (AvgIpc) is 2.91. The summed E-state index contributed by atoms with van der Waals surface area (Å²) in [5, 5.41) is 0.762. The van der Waals surface area contributed by atoms with Crippen molar-refractivity contribution < 1.29 is 9.59 Å². The van der Waals surface area contributed by atoms with E-state index in [4.69, 9.17) is 23.8 Å². The van der Waals surface area contributed by atoms with E-state index >= 15 is 0 Å². The van der Waals surface area contributed by atoms with Crippen molar-refractivity contribution in [1.82, 2.24) is 4.90 Å². The number of hydrogen-bond acceptors (Lipinski definition) is 3.